The lowest BCUT2D eigenvalue weighted by molar-refractivity contribution is -0.144. The summed E-state index contributed by atoms with van der Waals surface area (Å²) in [5.74, 6) is 0.631. The Morgan fingerprint density at radius 3 is 2.82 bits per heavy atom. The van der Waals surface area contributed by atoms with Crippen LogP contribution in [-0.4, -0.2) is 24.4 Å². The van der Waals surface area contributed by atoms with Crippen LogP contribution in [0, 0.1) is 6.92 Å². The fourth-order valence-corrected chi connectivity index (χ4v) is 3.01. The molecule has 0 aromatic heterocycles. The molecule has 1 heterocycles. The van der Waals surface area contributed by atoms with Crippen LogP contribution < -0.4 is 5.32 Å². The van der Waals surface area contributed by atoms with Crippen LogP contribution in [0.2, 0.25) is 0 Å². The molecule has 2 atom stereocenters. The van der Waals surface area contributed by atoms with E-state index in [0.29, 0.717) is 6.61 Å². The van der Waals surface area contributed by atoms with Crippen molar-refractivity contribution in [2.75, 3.05) is 12.4 Å². The molecule has 0 saturated carbocycles. The van der Waals surface area contributed by atoms with Gasteiger partial charge in [-0.25, -0.2) is 0 Å². The lowest BCUT2D eigenvalue weighted by Gasteiger charge is -2.12. The Hall–Kier alpha value is -1.00. The van der Waals surface area contributed by atoms with Gasteiger partial charge in [-0.05, 0) is 19.4 Å². The average Bonchev–Trinajstić information content (AvgIpc) is 2.80. The largest absolute Gasteiger partial charge is 0.465 e. The van der Waals surface area contributed by atoms with Gasteiger partial charge in [0, 0.05) is 5.75 Å². The topological polar surface area (TPSA) is 38.3 Å². The van der Waals surface area contributed by atoms with E-state index in [-0.39, 0.29) is 17.4 Å². The highest BCUT2D eigenvalue weighted by atomic mass is 32.2. The molecule has 1 N–H and O–H groups in total. The molecule has 1 aromatic carbocycles. The van der Waals surface area contributed by atoms with Crippen LogP contribution >= 0.6 is 11.8 Å². The number of aryl methyl sites for hydroxylation is 1. The van der Waals surface area contributed by atoms with Crippen LogP contribution in [0.1, 0.15) is 23.4 Å². The first-order valence-electron chi connectivity index (χ1n) is 5.81. The lowest BCUT2D eigenvalue weighted by atomic mass is 10.1. The predicted molar refractivity (Wildman–Crippen MR) is 69.9 cm³/mol. The summed E-state index contributed by atoms with van der Waals surface area (Å²) in [7, 11) is 0. The molecular formula is C13H17NO2S. The summed E-state index contributed by atoms with van der Waals surface area (Å²) >= 11 is 1.75. The second-order valence-electron chi connectivity index (χ2n) is 4.10. The summed E-state index contributed by atoms with van der Waals surface area (Å²) < 4.78 is 5.01. The quantitative estimate of drug-likeness (QED) is 0.836. The number of thioether (sulfide) groups is 1. The molecule has 1 saturated heterocycles. The molecular weight excluding hydrogens is 234 g/mol. The first-order valence-corrected chi connectivity index (χ1v) is 6.86. The predicted octanol–water partition coefficient (Wildman–Crippen LogP) is 2.26. The fourth-order valence-electron chi connectivity index (χ4n) is 1.78. The molecule has 4 heteroatoms. The van der Waals surface area contributed by atoms with Crippen LogP contribution in [0.15, 0.2) is 24.3 Å². The van der Waals surface area contributed by atoms with Gasteiger partial charge in [0.05, 0.1) is 12.0 Å². The van der Waals surface area contributed by atoms with Crippen LogP contribution in [-0.2, 0) is 9.53 Å². The number of benzene rings is 1. The highest BCUT2D eigenvalue weighted by Gasteiger charge is 2.31. The zero-order valence-corrected chi connectivity index (χ0v) is 10.9. The van der Waals surface area contributed by atoms with E-state index in [9.17, 15) is 4.79 Å². The highest BCUT2D eigenvalue weighted by molar-refractivity contribution is 7.99. The minimum atomic E-state index is -0.175. The van der Waals surface area contributed by atoms with E-state index in [4.69, 9.17) is 4.74 Å². The summed E-state index contributed by atoms with van der Waals surface area (Å²) in [5.41, 5.74) is 2.46. The number of rotatable bonds is 3. The molecule has 1 aliphatic heterocycles. The van der Waals surface area contributed by atoms with Gasteiger partial charge in [-0.1, -0.05) is 29.8 Å². The molecule has 1 aromatic rings. The summed E-state index contributed by atoms with van der Waals surface area (Å²) in [6, 6.07) is 8.22. The van der Waals surface area contributed by atoms with Crippen molar-refractivity contribution >= 4 is 17.7 Å². The van der Waals surface area contributed by atoms with E-state index in [0.717, 1.165) is 5.75 Å². The van der Waals surface area contributed by atoms with Crippen molar-refractivity contribution in [1.29, 1.82) is 0 Å². The van der Waals surface area contributed by atoms with Crippen molar-refractivity contribution < 1.29 is 9.53 Å². The Labute approximate surface area is 106 Å². The van der Waals surface area contributed by atoms with E-state index >= 15 is 0 Å². The summed E-state index contributed by atoms with van der Waals surface area (Å²) in [4.78, 5) is 11.6. The molecule has 2 rings (SSSR count). The minimum Gasteiger partial charge on any atom is -0.465 e. The fraction of sp³-hybridized carbons (Fsp3) is 0.462. The van der Waals surface area contributed by atoms with E-state index in [1.165, 1.54) is 11.1 Å². The molecule has 17 heavy (non-hydrogen) atoms. The van der Waals surface area contributed by atoms with E-state index in [1.54, 1.807) is 11.8 Å². The second kappa shape index (κ2) is 5.56. The third kappa shape index (κ3) is 3.01. The van der Waals surface area contributed by atoms with E-state index in [1.807, 2.05) is 6.92 Å². The van der Waals surface area contributed by atoms with Crippen molar-refractivity contribution in [1.82, 2.24) is 5.32 Å². The number of esters is 1. The summed E-state index contributed by atoms with van der Waals surface area (Å²) in [6.07, 6.45) is 0. The van der Waals surface area contributed by atoms with Crippen molar-refractivity contribution in [3.05, 3.63) is 35.4 Å². The zero-order chi connectivity index (χ0) is 12.3. The van der Waals surface area contributed by atoms with E-state index in [2.05, 4.69) is 36.5 Å². The maximum Gasteiger partial charge on any atom is 0.324 e. The second-order valence-corrected chi connectivity index (χ2v) is 5.23. The van der Waals surface area contributed by atoms with Crippen LogP contribution in [0.25, 0.3) is 0 Å². The Bertz CT molecular complexity index is 391. The molecule has 0 aliphatic carbocycles. The number of carbonyl (C=O) groups is 1. The average molecular weight is 251 g/mol. The molecule has 0 bridgehead atoms. The van der Waals surface area contributed by atoms with Gasteiger partial charge in [-0.2, -0.15) is 0 Å². The van der Waals surface area contributed by atoms with Crippen LogP contribution in [0.3, 0.4) is 0 Å². The maximum absolute atomic E-state index is 11.6. The normalized spacial score (nSPS) is 23.6. The third-order valence-electron chi connectivity index (χ3n) is 2.73. The monoisotopic (exact) mass is 251 g/mol. The van der Waals surface area contributed by atoms with Crippen LogP contribution in [0.5, 0.6) is 0 Å². The molecule has 0 amide bonds. The molecule has 0 spiro atoms. The molecule has 1 fully saturated rings. The van der Waals surface area contributed by atoms with Gasteiger partial charge >= 0.3 is 5.97 Å². The number of hydrogen-bond acceptors (Lipinski definition) is 4. The smallest absolute Gasteiger partial charge is 0.324 e. The first-order chi connectivity index (χ1) is 8.20. The Morgan fingerprint density at radius 2 is 2.18 bits per heavy atom. The van der Waals surface area contributed by atoms with Gasteiger partial charge < -0.3 is 4.74 Å². The van der Waals surface area contributed by atoms with Crippen molar-refractivity contribution in [2.24, 2.45) is 0 Å². The van der Waals surface area contributed by atoms with Crippen molar-refractivity contribution in [2.45, 2.75) is 25.3 Å². The maximum atomic E-state index is 11.6. The summed E-state index contributed by atoms with van der Waals surface area (Å²) in [6.45, 7) is 4.34. The third-order valence-corrected chi connectivity index (χ3v) is 4.00. The van der Waals surface area contributed by atoms with Gasteiger partial charge in [0.1, 0.15) is 6.04 Å². The molecule has 3 nitrogen and oxygen atoms in total. The molecule has 0 radical (unpaired) electrons. The highest BCUT2D eigenvalue weighted by Crippen LogP contribution is 2.33. The summed E-state index contributed by atoms with van der Waals surface area (Å²) in [5, 5.41) is 3.50. The molecule has 1 aliphatic rings. The van der Waals surface area contributed by atoms with Crippen LogP contribution in [0.4, 0.5) is 0 Å². The SMILES string of the molecule is CCOC(=O)[C@H]1CS[C@H](c2ccc(C)cc2)N1. The van der Waals surface area contributed by atoms with Gasteiger partial charge in [0.15, 0.2) is 0 Å². The van der Waals surface area contributed by atoms with Gasteiger partial charge in [0.25, 0.3) is 0 Å². The van der Waals surface area contributed by atoms with Crippen molar-refractivity contribution in [3.63, 3.8) is 0 Å². The Balaban J connectivity index is 1.98. The zero-order valence-electron chi connectivity index (χ0n) is 10.1. The lowest BCUT2D eigenvalue weighted by Crippen LogP contribution is -2.35. The van der Waals surface area contributed by atoms with E-state index < -0.39 is 0 Å². The number of hydrogen-bond donors (Lipinski definition) is 1. The standard InChI is InChI=1S/C13H17NO2S/c1-3-16-13(15)11-8-17-12(14-11)10-6-4-9(2)5-7-10/h4-7,11-12,14H,3,8H2,1-2H3/t11-,12-/m1/s1. The number of carbonyl (C=O) groups excluding carboxylic acids is 1. The Kier molecular flexibility index (Phi) is 4.07. The molecule has 0 unspecified atom stereocenters. The van der Waals surface area contributed by atoms with Gasteiger partial charge in [-0.3, -0.25) is 10.1 Å². The van der Waals surface area contributed by atoms with Crippen molar-refractivity contribution in [3.8, 4) is 0 Å². The minimum absolute atomic E-state index is 0.144. The first kappa shape index (κ1) is 12.5. The van der Waals surface area contributed by atoms with Gasteiger partial charge in [-0.15, -0.1) is 11.8 Å². The Morgan fingerprint density at radius 1 is 1.47 bits per heavy atom. The molecule has 92 valence electrons. The number of nitrogens with one attached hydrogen (secondary N) is 1. The van der Waals surface area contributed by atoms with Gasteiger partial charge in [0.2, 0.25) is 0 Å². The number of ether oxygens (including phenoxy) is 1.